The molecule has 1 atom stereocenters. The van der Waals surface area contributed by atoms with E-state index in [0.717, 1.165) is 37.4 Å². The van der Waals surface area contributed by atoms with Crippen LogP contribution < -0.4 is 10.1 Å². The first-order chi connectivity index (χ1) is 12.4. The van der Waals surface area contributed by atoms with Gasteiger partial charge >= 0.3 is 0 Å². The number of nitrogens with one attached hydrogen (secondary N) is 1. The van der Waals surface area contributed by atoms with Gasteiger partial charge in [0.25, 0.3) is 0 Å². The lowest BCUT2D eigenvalue weighted by Gasteiger charge is -2.36. The highest BCUT2D eigenvalue weighted by atomic mass is 16.5. The van der Waals surface area contributed by atoms with Gasteiger partial charge in [-0.1, -0.05) is 30.3 Å². The molecule has 4 heteroatoms. The molecule has 1 N–H and O–H groups in total. The van der Waals surface area contributed by atoms with Crippen LogP contribution in [-0.2, 0) is 0 Å². The van der Waals surface area contributed by atoms with Crippen molar-refractivity contribution in [3.8, 4) is 5.75 Å². The minimum Gasteiger partial charge on any atom is -0.497 e. The normalized spacial score (nSPS) is 16.7. The Morgan fingerprint density at radius 2 is 1.88 bits per heavy atom. The second-order valence-electron chi connectivity index (χ2n) is 6.38. The van der Waals surface area contributed by atoms with E-state index in [0.29, 0.717) is 0 Å². The van der Waals surface area contributed by atoms with Crippen LogP contribution in [0.3, 0.4) is 0 Å². The van der Waals surface area contributed by atoms with Gasteiger partial charge in [0, 0.05) is 37.8 Å². The SMILES string of the molecule is COc1cccc(C(c2ccnc3ccccc23)N2CCNCC2)c1. The summed E-state index contributed by atoms with van der Waals surface area (Å²) in [5, 5.41) is 4.67. The molecule has 25 heavy (non-hydrogen) atoms. The molecule has 0 aliphatic carbocycles. The minimum absolute atomic E-state index is 0.199. The Hall–Kier alpha value is -2.43. The Bertz CT molecular complexity index is 853. The van der Waals surface area contributed by atoms with E-state index < -0.39 is 0 Å². The summed E-state index contributed by atoms with van der Waals surface area (Å²) in [5.41, 5.74) is 3.61. The highest BCUT2D eigenvalue weighted by Gasteiger charge is 2.25. The van der Waals surface area contributed by atoms with Gasteiger partial charge in [-0.25, -0.2) is 0 Å². The lowest BCUT2D eigenvalue weighted by atomic mass is 9.93. The van der Waals surface area contributed by atoms with Gasteiger partial charge in [-0.3, -0.25) is 9.88 Å². The van der Waals surface area contributed by atoms with Crippen molar-refractivity contribution in [1.29, 1.82) is 0 Å². The van der Waals surface area contributed by atoms with Crippen molar-refractivity contribution in [3.05, 3.63) is 71.9 Å². The maximum Gasteiger partial charge on any atom is 0.119 e. The van der Waals surface area contributed by atoms with Gasteiger partial charge in [0.05, 0.1) is 18.7 Å². The van der Waals surface area contributed by atoms with Crippen LogP contribution in [0.25, 0.3) is 10.9 Å². The molecule has 1 aromatic heterocycles. The van der Waals surface area contributed by atoms with Crippen LogP contribution in [0.2, 0.25) is 0 Å². The predicted molar refractivity (Wildman–Crippen MR) is 101 cm³/mol. The average molecular weight is 333 g/mol. The Morgan fingerprint density at radius 3 is 2.72 bits per heavy atom. The molecule has 1 saturated heterocycles. The second kappa shape index (κ2) is 7.21. The molecule has 1 aliphatic heterocycles. The lowest BCUT2D eigenvalue weighted by molar-refractivity contribution is 0.199. The molecular formula is C21H23N3O. The second-order valence-corrected chi connectivity index (χ2v) is 6.38. The van der Waals surface area contributed by atoms with Crippen molar-refractivity contribution in [1.82, 2.24) is 15.2 Å². The number of hydrogen-bond donors (Lipinski definition) is 1. The topological polar surface area (TPSA) is 37.4 Å². The third-order valence-electron chi connectivity index (χ3n) is 4.90. The molecule has 1 fully saturated rings. The van der Waals surface area contributed by atoms with Crippen molar-refractivity contribution < 1.29 is 4.74 Å². The van der Waals surface area contributed by atoms with Gasteiger partial charge in [0.1, 0.15) is 5.75 Å². The van der Waals surface area contributed by atoms with E-state index in [-0.39, 0.29) is 6.04 Å². The quantitative estimate of drug-likeness (QED) is 0.795. The van der Waals surface area contributed by atoms with Crippen molar-refractivity contribution in [2.45, 2.75) is 6.04 Å². The molecule has 4 nitrogen and oxygen atoms in total. The van der Waals surface area contributed by atoms with Crippen LogP contribution in [0.15, 0.2) is 60.8 Å². The van der Waals surface area contributed by atoms with Crippen LogP contribution in [0.4, 0.5) is 0 Å². The molecule has 1 aliphatic rings. The monoisotopic (exact) mass is 333 g/mol. The van der Waals surface area contributed by atoms with E-state index in [1.54, 1.807) is 7.11 Å². The number of pyridine rings is 1. The minimum atomic E-state index is 0.199. The first-order valence-electron chi connectivity index (χ1n) is 8.79. The van der Waals surface area contributed by atoms with Crippen molar-refractivity contribution in [2.75, 3.05) is 33.3 Å². The molecule has 0 amide bonds. The number of nitrogens with zero attached hydrogens (tertiary/aromatic N) is 2. The van der Waals surface area contributed by atoms with Crippen LogP contribution in [0.1, 0.15) is 17.2 Å². The van der Waals surface area contributed by atoms with Gasteiger partial charge in [-0.2, -0.15) is 0 Å². The van der Waals surface area contributed by atoms with E-state index in [4.69, 9.17) is 4.74 Å². The molecule has 0 bridgehead atoms. The summed E-state index contributed by atoms with van der Waals surface area (Å²) in [6.45, 7) is 4.09. The summed E-state index contributed by atoms with van der Waals surface area (Å²) in [5.74, 6) is 0.899. The largest absolute Gasteiger partial charge is 0.497 e. The Balaban J connectivity index is 1.87. The Kier molecular flexibility index (Phi) is 4.63. The maximum absolute atomic E-state index is 5.47. The zero-order chi connectivity index (χ0) is 17.1. The summed E-state index contributed by atoms with van der Waals surface area (Å²) in [4.78, 5) is 7.09. The maximum atomic E-state index is 5.47. The molecular weight excluding hydrogens is 310 g/mol. The van der Waals surface area contributed by atoms with Gasteiger partial charge < -0.3 is 10.1 Å². The number of piperazine rings is 1. The highest BCUT2D eigenvalue weighted by molar-refractivity contribution is 5.82. The van der Waals surface area contributed by atoms with Crippen LogP contribution in [0.5, 0.6) is 5.75 Å². The predicted octanol–water partition coefficient (Wildman–Crippen LogP) is 3.24. The van der Waals surface area contributed by atoms with Crippen LogP contribution >= 0.6 is 0 Å². The molecule has 0 saturated carbocycles. The number of methoxy groups -OCH3 is 1. The van der Waals surface area contributed by atoms with E-state index in [1.165, 1.54) is 16.5 Å². The third kappa shape index (κ3) is 3.23. The molecule has 3 aromatic rings. The van der Waals surface area contributed by atoms with Gasteiger partial charge in [-0.05, 0) is 35.4 Å². The summed E-state index contributed by atoms with van der Waals surface area (Å²) in [7, 11) is 1.72. The van der Waals surface area contributed by atoms with E-state index in [1.807, 2.05) is 18.3 Å². The highest BCUT2D eigenvalue weighted by Crippen LogP contribution is 2.34. The molecule has 4 rings (SSSR count). The van der Waals surface area contributed by atoms with E-state index >= 15 is 0 Å². The fourth-order valence-corrected chi connectivity index (χ4v) is 3.70. The van der Waals surface area contributed by atoms with Gasteiger partial charge in [0.2, 0.25) is 0 Å². The number of fused-ring (bicyclic) bond motifs is 1. The van der Waals surface area contributed by atoms with Crippen LogP contribution in [0, 0.1) is 0 Å². The number of rotatable bonds is 4. The van der Waals surface area contributed by atoms with Gasteiger partial charge in [-0.15, -0.1) is 0 Å². The summed E-state index contributed by atoms with van der Waals surface area (Å²) < 4.78 is 5.47. The molecule has 2 heterocycles. The number of ether oxygens (including phenoxy) is 1. The van der Waals surface area contributed by atoms with Crippen molar-refractivity contribution in [2.24, 2.45) is 0 Å². The van der Waals surface area contributed by atoms with Crippen molar-refractivity contribution in [3.63, 3.8) is 0 Å². The number of aromatic nitrogens is 1. The molecule has 0 spiro atoms. The number of hydrogen-bond acceptors (Lipinski definition) is 4. The third-order valence-corrected chi connectivity index (χ3v) is 4.90. The molecule has 2 aromatic carbocycles. The zero-order valence-electron chi connectivity index (χ0n) is 14.5. The first kappa shape index (κ1) is 16.1. The lowest BCUT2D eigenvalue weighted by Crippen LogP contribution is -2.45. The first-order valence-corrected chi connectivity index (χ1v) is 8.79. The summed E-state index contributed by atoms with van der Waals surface area (Å²) >= 11 is 0. The zero-order valence-corrected chi connectivity index (χ0v) is 14.5. The molecule has 128 valence electrons. The Morgan fingerprint density at radius 1 is 1.04 bits per heavy atom. The molecule has 1 unspecified atom stereocenters. The fourth-order valence-electron chi connectivity index (χ4n) is 3.70. The standard InChI is InChI=1S/C21H23N3O/c1-25-17-6-4-5-16(15-17)21(24-13-11-22-12-14-24)19-9-10-23-20-8-3-2-7-18(19)20/h2-10,15,21-22H,11-14H2,1H3. The number of para-hydroxylation sites is 1. The molecule has 0 radical (unpaired) electrons. The van der Waals surface area contributed by atoms with E-state index in [9.17, 15) is 0 Å². The van der Waals surface area contributed by atoms with E-state index in [2.05, 4.69) is 57.7 Å². The summed E-state index contributed by atoms with van der Waals surface area (Å²) in [6, 6.07) is 19.2. The number of benzene rings is 2. The smallest absolute Gasteiger partial charge is 0.119 e. The van der Waals surface area contributed by atoms with Crippen molar-refractivity contribution >= 4 is 10.9 Å². The fraction of sp³-hybridized carbons (Fsp3) is 0.286. The summed E-state index contributed by atoms with van der Waals surface area (Å²) in [6.07, 6.45) is 1.92. The van der Waals surface area contributed by atoms with Crippen LogP contribution in [-0.4, -0.2) is 43.2 Å². The van der Waals surface area contributed by atoms with Gasteiger partial charge in [0.15, 0.2) is 0 Å². The Labute approximate surface area is 148 Å². The average Bonchev–Trinajstić information content (AvgIpc) is 2.69.